The van der Waals surface area contributed by atoms with Gasteiger partial charge in [0.05, 0.1) is 12.7 Å². The predicted molar refractivity (Wildman–Crippen MR) is 58.4 cm³/mol. The summed E-state index contributed by atoms with van der Waals surface area (Å²) in [6, 6.07) is 7.79. The molecule has 74 valence electrons. The first-order valence-corrected chi connectivity index (χ1v) is 4.65. The lowest BCUT2D eigenvalue weighted by molar-refractivity contribution is 0.413. The van der Waals surface area contributed by atoms with Crippen LogP contribution in [0.1, 0.15) is 12.0 Å². The first-order chi connectivity index (χ1) is 6.88. The molecule has 0 radical (unpaired) electrons. The summed E-state index contributed by atoms with van der Waals surface area (Å²) < 4.78 is 5.18. The molecule has 0 unspecified atom stereocenters. The maximum absolute atomic E-state index is 5.18. The van der Waals surface area contributed by atoms with E-state index in [-0.39, 0.29) is 0 Å². The number of rotatable bonds is 3. The van der Waals surface area contributed by atoms with Crippen LogP contribution in [0.5, 0.6) is 5.75 Å². The molecule has 1 N–H and O–H groups in total. The van der Waals surface area contributed by atoms with Gasteiger partial charge in [0.1, 0.15) is 5.75 Å². The summed E-state index contributed by atoms with van der Waals surface area (Å²) in [5.41, 5.74) is 0.950. The van der Waals surface area contributed by atoms with Crippen LogP contribution in [0.25, 0.3) is 0 Å². The van der Waals surface area contributed by atoms with Gasteiger partial charge in [0.25, 0.3) is 0 Å². The van der Waals surface area contributed by atoms with Crippen molar-refractivity contribution >= 4 is 0 Å². The van der Waals surface area contributed by atoms with Gasteiger partial charge in [-0.05, 0) is 19.2 Å². The normalized spacial score (nSPS) is 9.00. The highest BCUT2D eigenvalue weighted by Crippen LogP contribution is 2.15. The zero-order valence-corrected chi connectivity index (χ0v) is 8.63. The number of hydrogen-bond donors (Lipinski definition) is 1. The van der Waals surface area contributed by atoms with E-state index in [4.69, 9.17) is 4.74 Å². The van der Waals surface area contributed by atoms with Gasteiger partial charge < -0.3 is 10.1 Å². The molecule has 0 saturated heterocycles. The van der Waals surface area contributed by atoms with Crippen molar-refractivity contribution in [2.75, 3.05) is 20.7 Å². The molecule has 0 aliphatic rings. The molecular weight excluding hydrogens is 174 g/mol. The van der Waals surface area contributed by atoms with Gasteiger partial charge in [-0.3, -0.25) is 0 Å². The van der Waals surface area contributed by atoms with Crippen LogP contribution in [0.15, 0.2) is 24.3 Å². The minimum absolute atomic E-state index is 0.837. The number of ether oxygens (including phenoxy) is 1. The van der Waals surface area contributed by atoms with Crippen molar-refractivity contribution in [2.24, 2.45) is 0 Å². The van der Waals surface area contributed by atoms with E-state index in [1.165, 1.54) is 0 Å². The lowest BCUT2D eigenvalue weighted by Crippen LogP contribution is -2.05. The maximum atomic E-state index is 5.18. The number of hydrogen-bond acceptors (Lipinski definition) is 2. The molecule has 0 saturated carbocycles. The fraction of sp³-hybridized carbons (Fsp3) is 0.333. The maximum Gasteiger partial charge on any atom is 0.134 e. The molecule has 2 heteroatoms. The highest BCUT2D eigenvalue weighted by Gasteiger charge is 1.95. The van der Waals surface area contributed by atoms with Crippen LogP contribution in [-0.4, -0.2) is 20.7 Å². The van der Waals surface area contributed by atoms with E-state index >= 15 is 0 Å². The van der Waals surface area contributed by atoms with Crippen LogP contribution in [0.4, 0.5) is 0 Å². The van der Waals surface area contributed by atoms with Gasteiger partial charge in [-0.2, -0.15) is 0 Å². The average molecular weight is 189 g/mol. The van der Waals surface area contributed by atoms with Crippen molar-refractivity contribution in [2.45, 2.75) is 6.42 Å². The molecule has 1 aromatic rings. The highest BCUT2D eigenvalue weighted by molar-refractivity contribution is 5.45. The topological polar surface area (TPSA) is 21.3 Å². The van der Waals surface area contributed by atoms with Gasteiger partial charge in [-0.25, -0.2) is 0 Å². The Balaban J connectivity index is 2.68. The molecule has 0 aromatic heterocycles. The van der Waals surface area contributed by atoms with Gasteiger partial charge in [0.15, 0.2) is 0 Å². The largest absolute Gasteiger partial charge is 0.495 e. The van der Waals surface area contributed by atoms with Crippen molar-refractivity contribution in [3.05, 3.63) is 29.8 Å². The van der Waals surface area contributed by atoms with Crippen molar-refractivity contribution in [1.29, 1.82) is 0 Å². The second kappa shape index (κ2) is 6.06. The van der Waals surface area contributed by atoms with Gasteiger partial charge in [0.2, 0.25) is 0 Å². The molecule has 1 aromatic carbocycles. The molecule has 2 nitrogen and oxygen atoms in total. The molecule has 1 rings (SSSR count). The first-order valence-electron chi connectivity index (χ1n) is 4.65. The molecule has 0 bridgehead atoms. The SMILES string of the molecule is CNCCC#Cc1ccccc1OC. The van der Waals surface area contributed by atoms with Crippen molar-refractivity contribution in [3.63, 3.8) is 0 Å². The Kier molecular flexibility index (Phi) is 4.60. The van der Waals surface area contributed by atoms with Crippen LogP contribution in [0, 0.1) is 11.8 Å². The van der Waals surface area contributed by atoms with Crippen LogP contribution in [0.2, 0.25) is 0 Å². The Bertz CT molecular complexity index is 336. The zero-order chi connectivity index (χ0) is 10.2. The molecule has 0 spiro atoms. The summed E-state index contributed by atoms with van der Waals surface area (Å²) in [5, 5.41) is 3.05. The third-order valence-corrected chi connectivity index (χ3v) is 1.83. The predicted octanol–water partition coefficient (Wildman–Crippen LogP) is 1.66. The van der Waals surface area contributed by atoms with E-state index in [1.807, 2.05) is 31.3 Å². The molecule has 0 atom stereocenters. The molecule has 0 fully saturated rings. The Morgan fingerprint density at radius 1 is 1.36 bits per heavy atom. The van der Waals surface area contributed by atoms with Crippen molar-refractivity contribution < 1.29 is 4.74 Å². The number of nitrogens with one attached hydrogen (secondary N) is 1. The summed E-state index contributed by atoms with van der Waals surface area (Å²) in [6.45, 7) is 0.919. The fourth-order valence-electron chi connectivity index (χ4n) is 1.09. The van der Waals surface area contributed by atoms with Gasteiger partial charge in [-0.15, -0.1) is 0 Å². The fourth-order valence-corrected chi connectivity index (χ4v) is 1.09. The number of benzene rings is 1. The summed E-state index contributed by atoms with van der Waals surface area (Å²) in [6.07, 6.45) is 0.856. The van der Waals surface area contributed by atoms with E-state index in [0.717, 1.165) is 24.3 Å². The van der Waals surface area contributed by atoms with Crippen molar-refractivity contribution in [3.8, 4) is 17.6 Å². The molecular formula is C12H15NO. The third-order valence-electron chi connectivity index (χ3n) is 1.83. The van der Waals surface area contributed by atoms with E-state index < -0.39 is 0 Å². The monoisotopic (exact) mass is 189 g/mol. The van der Waals surface area contributed by atoms with Gasteiger partial charge in [0, 0.05) is 13.0 Å². The Morgan fingerprint density at radius 2 is 2.14 bits per heavy atom. The lowest BCUT2D eigenvalue weighted by Gasteiger charge is -2.00. The molecule has 0 aliphatic heterocycles. The van der Waals surface area contributed by atoms with Gasteiger partial charge in [-0.1, -0.05) is 24.0 Å². The molecule has 14 heavy (non-hydrogen) atoms. The minimum Gasteiger partial charge on any atom is -0.495 e. The summed E-state index contributed by atoms with van der Waals surface area (Å²) in [5.74, 6) is 7.01. The van der Waals surface area contributed by atoms with Crippen LogP contribution >= 0.6 is 0 Å². The zero-order valence-electron chi connectivity index (χ0n) is 8.63. The van der Waals surface area contributed by atoms with E-state index in [0.29, 0.717) is 0 Å². The Morgan fingerprint density at radius 3 is 2.86 bits per heavy atom. The summed E-state index contributed by atoms with van der Waals surface area (Å²) in [7, 11) is 3.58. The molecule has 0 aliphatic carbocycles. The lowest BCUT2D eigenvalue weighted by atomic mass is 10.2. The summed E-state index contributed by atoms with van der Waals surface area (Å²) >= 11 is 0. The van der Waals surface area contributed by atoms with E-state index in [1.54, 1.807) is 7.11 Å². The van der Waals surface area contributed by atoms with Crippen molar-refractivity contribution in [1.82, 2.24) is 5.32 Å². The summed E-state index contributed by atoms with van der Waals surface area (Å²) in [4.78, 5) is 0. The Hall–Kier alpha value is -1.46. The van der Waals surface area contributed by atoms with Crippen LogP contribution < -0.4 is 10.1 Å². The standard InChI is InChI=1S/C12H15NO/c1-13-10-6-5-8-11-7-3-4-9-12(11)14-2/h3-4,7,9,13H,6,10H2,1-2H3. The van der Waals surface area contributed by atoms with E-state index in [2.05, 4.69) is 17.2 Å². The minimum atomic E-state index is 0.837. The average Bonchev–Trinajstić information content (AvgIpc) is 2.25. The smallest absolute Gasteiger partial charge is 0.134 e. The van der Waals surface area contributed by atoms with E-state index in [9.17, 15) is 0 Å². The van der Waals surface area contributed by atoms with Gasteiger partial charge >= 0.3 is 0 Å². The molecule has 0 amide bonds. The Labute approximate surface area is 85.3 Å². The number of para-hydroxylation sites is 1. The molecule has 0 heterocycles. The third kappa shape index (κ3) is 3.12. The second-order valence-corrected chi connectivity index (χ2v) is 2.86. The first kappa shape index (κ1) is 10.6. The highest BCUT2D eigenvalue weighted by atomic mass is 16.5. The second-order valence-electron chi connectivity index (χ2n) is 2.86. The quantitative estimate of drug-likeness (QED) is 0.576. The van der Waals surface area contributed by atoms with Crippen LogP contribution in [-0.2, 0) is 0 Å². The van der Waals surface area contributed by atoms with Crippen LogP contribution in [0.3, 0.4) is 0 Å². The number of methoxy groups -OCH3 is 1.